The second-order valence-corrected chi connectivity index (χ2v) is 4.71. The Bertz CT molecular complexity index is 331. The Morgan fingerprint density at radius 3 is 2.59 bits per heavy atom. The predicted molar refractivity (Wildman–Crippen MR) is 69.9 cm³/mol. The van der Waals surface area contributed by atoms with Gasteiger partial charge in [-0.3, -0.25) is 9.48 Å². The number of hydrogen-bond acceptors (Lipinski definition) is 2. The van der Waals surface area contributed by atoms with Crippen molar-refractivity contribution in [1.82, 2.24) is 9.78 Å². The number of Topliss-reactive ketones (excluding diaryl/α,β-unsaturated/α-hetero) is 1. The third-order valence-electron chi connectivity index (χ3n) is 2.96. The summed E-state index contributed by atoms with van der Waals surface area (Å²) in [7, 11) is 1.88. The van der Waals surface area contributed by atoms with Gasteiger partial charge in [0.05, 0.1) is 12.1 Å². The first-order valence-electron chi connectivity index (χ1n) is 6.72. The lowest BCUT2D eigenvalue weighted by Crippen LogP contribution is -2.03. The molecule has 1 aromatic heterocycles. The van der Waals surface area contributed by atoms with Gasteiger partial charge in [0.25, 0.3) is 0 Å². The Kier molecular flexibility index (Phi) is 6.60. The third-order valence-corrected chi connectivity index (χ3v) is 2.96. The van der Waals surface area contributed by atoms with E-state index in [1.807, 2.05) is 19.3 Å². The molecule has 0 amide bonds. The van der Waals surface area contributed by atoms with E-state index in [0.717, 1.165) is 12.1 Å². The molecule has 0 saturated carbocycles. The van der Waals surface area contributed by atoms with E-state index in [1.165, 1.54) is 32.1 Å². The summed E-state index contributed by atoms with van der Waals surface area (Å²) in [6, 6.07) is 1.92. The van der Waals surface area contributed by atoms with Crippen LogP contribution in [0.2, 0.25) is 0 Å². The average Bonchev–Trinajstić information content (AvgIpc) is 2.69. The Morgan fingerprint density at radius 1 is 1.24 bits per heavy atom. The van der Waals surface area contributed by atoms with Gasteiger partial charge in [-0.15, -0.1) is 0 Å². The number of carbonyl (C=O) groups excluding carboxylic acids is 1. The van der Waals surface area contributed by atoms with E-state index in [9.17, 15) is 4.79 Å². The molecule has 3 nitrogen and oxygen atoms in total. The minimum atomic E-state index is 0.319. The molecule has 1 rings (SSSR count). The number of unbranched alkanes of at least 4 members (excludes halogenated alkanes) is 5. The molecule has 3 heteroatoms. The molecule has 0 aliphatic carbocycles. The van der Waals surface area contributed by atoms with Gasteiger partial charge < -0.3 is 0 Å². The van der Waals surface area contributed by atoms with E-state index in [0.29, 0.717) is 18.6 Å². The van der Waals surface area contributed by atoms with Gasteiger partial charge in [-0.25, -0.2) is 0 Å². The maximum absolute atomic E-state index is 11.7. The molecule has 0 atom stereocenters. The second-order valence-electron chi connectivity index (χ2n) is 4.71. The van der Waals surface area contributed by atoms with Crippen LogP contribution in [0, 0.1) is 0 Å². The van der Waals surface area contributed by atoms with E-state index < -0.39 is 0 Å². The summed E-state index contributed by atoms with van der Waals surface area (Å²) in [4.78, 5) is 11.7. The standard InChI is InChI=1S/C14H24N2O/c1-3-4-5-6-7-8-9-14(17)12-13-10-11-16(2)15-13/h10-11H,3-9,12H2,1-2H3. The van der Waals surface area contributed by atoms with E-state index in [-0.39, 0.29) is 0 Å². The number of nitrogens with zero attached hydrogens (tertiary/aromatic N) is 2. The second kappa shape index (κ2) is 8.04. The molecule has 0 fully saturated rings. The van der Waals surface area contributed by atoms with Crippen molar-refractivity contribution >= 4 is 5.78 Å². The molecule has 96 valence electrons. The molecular weight excluding hydrogens is 212 g/mol. The molecule has 0 radical (unpaired) electrons. The Hall–Kier alpha value is -1.12. The molecule has 0 bridgehead atoms. The van der Waals surface area contributed by atoms with Crippen LogP contribution in [-0.4, -0.2) is 15.6 Å². The fourth-order valence-corrected chi connectivity index (χ4v) is 1.95. The third kappa shape index (κ3) is 6.25. The molecule has 17 heavy (non-hydrogen) atoms. The zero-order valence-corrected chi connectivity index (χ0v) is 11.1. The van der Waals surface area contributed by atoms with Gasteiger partial charge in [0.2, 0.25) is 0 Å². The van der Waals surface area contributed by atoms with Gasteiger partial charge in [0, 0.05) is 19.7 Å². The highest BCUT2D eigenvalue weighted by Crippen LogP contribution is 2.08. The number of aromatic nitrogens is 2. The van der Waals surface area contributed by atoms with Crippen LogP contribution in [0.3, 0.4) is 0 Å². The summed E-state index contributed by atoms with van der Waals surface area (Å²) < 4.78 is 1.74. The highest BCUT2D eigenvalue weighted by atomic mass is 16.1. The molecule has 0 aromatic carbocycles. The van der Waals surface area contributed by atoms with Gasteiger partial charge in [-0.1, -0.05) is 39.0 Å². The molecule has 1 aromatic rings. The lowest BCUT2D eigenvalue weighted by molar-refractivity contribution is -0.118. The van der Waals surface area contributed by atoms with Crippen LogP contribution in [0.15, 0.2) is 12.3 Å². The van der Waals surface area contributed by atoms with Crippen molar-refractivity contribution in [2.24, 2.45) is 7.05 Å². The first-order valence-corrected chi connectivity index (χ1v) is 6.72. The molecule has 1 heterocycles. The van der Waals surface area contributed by atoms with Crippen LogP contribution in [0.1, 0.15) is 57.6 Å². The summed E-state index contributed by atoms with van der Waals surface area (Å²) in [6.45, 7) is 2.22. The average molecular weight is 236 g/mol. The largest absolute Gasteiger partial charge is 0.299 e. The van der Waals surface area contributed by atoms with Crippen LogP contribution in [0.5, 0.6) is 0 Å². The lowest BCUT2D eigenvalue weighted by Gasteiger charge is -2.00. The highest BCUT2D eigenvalue weighted by molar-refractivity contribution is 5.80. The normalized spacial score (nSPS) is 10.7. The smallest absolute Gasteiger partial charge is 0.138 e. The summed E-state index contributed by atoms with van der Waals surface area (Å²) >= 11 is 0. The zero-order chi connectivity index (χ0) is 12.5. The van der Waals surface area contributed by atoms with Crippen LogP contribution < -0.4 is 0 Å². The van der Waals surface area contributed by atoms with Crippen molar-refractivity contribution in [2.75, 3.05) is 0 Å². The topological polar surface area (TPSA) is 34.9 Å². The molecule has 0 aliphatic rings. The number of hydrogen-bond donors (Lipinski definition) is 0. The molecular formula is C14H24N2O. The monoisotopic (exact) mass is 236 g/mol. The number of carbonyl (C=O) groups is 1. The van der Waals surface area contributed by atoms with Gasteiger partial charge >= 0.3 is 0 Å². The van der Waals surface area contributed by atoms with Gasteiger partial charge in [-0.2, -0.15) is 5.10 Å². The number of rotatable bonds is 9. The minimum absolute atomic E-state index is 0.319. The van der Waals surface area contributed by atoms with Gasteiger partial charge in [0.1, 0.15) is 5.78 Å². The predicted octanol–water partition coefficient (Wildman–Crippen LogP) is 3.28. The fourth-order valence-electron chi connectivity index (χ4n) is 1.95. The maximum atomic E-state index is 11.7. The molecule has 0 spiro atoms. The van der Waals surface area contributed by atoms with Crippen molar-refractivity contribution in [3.05, 3.63) is 18.0 Å². The van der Waals surface area contributed by atoms with Crippen molar-refractivity contribution in [3.8, 4) is 0 Å². The molecule has 0 saturated heterocycles. The Balaban J connectivity index is 2.05. The lowest BCUT2D eigenvalue weighted by atomic mass is 10.1. The van der Waals surface area contributed by atoms with E-state index in [2.05, 4.69) is 12.0 Å². The van der Waals surface area contributed by atoms with Crippen molar-refractivity contribution in [3.63, 3.8) is 0 Å². The quantitative estimate of drug-likeness (QED) is 0.617. The summed E-state index contributed by atoms with van der Waals surface area (Å²) in [5, 5.41) is 4.22. The first-order chi connectivity index (χ1) is 8.22. The first kappa shape index (κ1) is 13.9. The molecule has 0 aliphatic heterocycles. The van der Waals surface area contributed by atoms with Crippen LogP contribution in [0.25, 0.3) is 0 Å². The van der Waals surface area contributed by atoms with Crippen LogP contribution in [-0.2, 0) is 18.3 Å². The van der Waals surface area contributed by atoms with Crippen molar-refractivity contribution in [1.29, 1.82) is 0 Å². The SMILES string of the molecule is CCCCCCCCC(=O)Cc1ccn(C)n1. The minimum Gasteiger partial charge on any atom is -0.299 e. The fraction of sp³-hybridized carbons (Fsp3) is 0.714. The summed E-state index contributed by atoms with van der Waals surface area (Å²) in [6.07, 6.45) is 10.5. The van der Waals surface area contributed by atoms with Gasteiger partial charge in [0.15, 0.2) is 0 Å². The summed E-state index contributed by atoms with van der Waals surface area (Å²) in [5.74, 6) is 0.319. The van der Waals surface area contributed by atoms with Gasteiger partial charge in [-0.05, 0) is 12.5 Å². The maximum Gasteiger partial charge on any atom is 0.138 e. The van der Waals surface area contributed by atoms with Crippen molar-refractivity contribution in [2.45, 2.75) is 58.3 Å². The number of ketones is 1. The molecule has 0 unspecified atom stereocenters. The van der Waals surface area contributed by atoms with E-state index in [4.69, 9.17) is 0 Å². The zero-order valence-electron chi connectivity index (χ0n) is 11.1. The Morgan fingerprint density at radius 2 is 1.94 bits per heavy atom. The van der Waals surface area contributed by atoms with E-state index >= 15 is 0 Å². The highest BCUT2D eigenvalue weighted by Gasteiger charge is 2.05. The summed E-state index contributed by atoms with van der Waals surface area (Å²) in [5.41, 5.74) is 0.892. The van der Waals surface area contributed by atoms with Crippen LogP contribution >= 0.6 is 0 Å². The van der Waals surface area contributed by atoms with Crippen LogP contribution in [0.4, 0.5) is 0 Å². The van der Waals surface area contributed by atoms with Crippen molar-refractivity contribution < 1.29 is 4.79 Å². The number of aryl methyl sites for hydroxylation is 1. The molecule has 0 N–H and O–H groups in total. The van der Waals surface area contributed by atoms with E-state index in [1.54, 1.807) is 4.68 Å². The Labute approximate surface area is 104 Å².